The Morgan fingerprint density at radius 1 is 1.07 bits per heavy atom. The molecule has 1 aliphatic heterocycles. The average molecular weight is 383 g/mol. The first kappa shape index (κ1) is 18.2. The Bertz CT molecular complexity index is 888. The highest BCUT2D eigenvalue weighted by atomic mass is 32.1. The Kier molecular flexibility index (Phi) is 5.55. The summed E-state index contributed by atoms with van der Waals surface area (Å²) < 4.78 is 5.83. The van der Waals surface area contributed by atoms with Gasteiger partial charge in [0.15, 0.2) is 0 Å². The number of rotatable bonds is 6. The van der Waals surface area contributed by atoms with E-state index >= 15 is 0 Å². The summed E-state index contributed by atoms with van der Waals surface area (Å²) in [6.45, 7) is 9.93. The van der Waals surface area contributed by atoms with Gasteiger partial charge in [0.25, 0.3) is 0 Å². The van der Waals surface area contributed by atoms with Gasteiger partial charge in [-0.25, -0.2) is 9.97 Å². The molecule has 1 aliphatic rings. The number of fused-ring (bicyclic) bond motifs is 1. The van der Waals surface area contributed by atoms with Crippen LogP contribution in [0.2, 0.25) is 0 Å². The number of aryl methyl sites for hydroxylation is 2. The zero-order chi connectivity index (χ0) is 18.6. The van der Waals surface area contributed by atoms with Crippen LogP contribution in [0.25, 0.3) is 10.2 Å². The number of ether oxygens (including phenoxy) is 1. The van der Waals surface area contributed by atoms with Crippen molar-refractivity contribution in [1.29, 1.82) is 0 Å². The van der Waals surface area contributed by atoms with E-state index < -0.39 is 0 Å². The molecule has 4 rings (SSSR count). The lowest BCUT2D eigenvalue weighted by molar-refractivity contribution is 0.200. The van der Waals surface area contributed by atoms with Crippen molar-refractivity contribution in [1.82, 2.24) is 14.9 Å². The molecule has 27 heavy (non-hydrogen) atoms. The third-order valence-corrected chi connectivity index (χ3v) is 6.15. The monoisotopic (exact) mass is 382 g/mol. The van der Waals surface area contributed by atoms with Gasteiger partial charge in [0, 0.05) is 37.6 Å². The summed E-state index contributed by atoms with van der Waals surface area (Å²) in [5.74, 6) is 2.91. The molecular formula is C21H26N4OS. The number of para-hydroxylation sites is 1. The molecule has 0 aliphatic carbocycles. The van der Waals surface area contributed by atoms with Gasteiger partial charge >= 0.3 is 0 Å². The molecule has 0 bridgehead atoms. The normalized spacial score (nSPS) is 15.4. The summed E-state index contributed by atoms with van der Waals surface area (Å²) in [6, 6.07) is 12.3. The van der Waals surface area contributed by atoms with Gasteiger partial charge < -0.3 is 9.64 Å². The summed E-state index contributed by atoms with van der Waals surface area (Å²) in [7, 11) is 0. The van der Waals surface area contributed by atoms with Gasteiger partial charge in [0.1, 0.15) is 28.8 Å². The lowest BCUT2D eigenvalue weighted by Gasteiger charge is -2.35. The number of aromatic nitrogens is 2. The molecule has 1 fully saturated rings. The van der Waals surface area contributed by atoms with E-state index in [1.165, 1.54) is 10.3 Å². The molecule has 0 N–H and O–H groups in total. The number of nitrogens with zero attached hydrogens (tertiary/aromatic N) is 4. The minimum atomic E-state index is 0.727. The van der Waals surface area contributed by atoms with Crippen LogP contribution in [0, 0.1) is 6.92 Å². The predicted octanol–water partition coefficient (Wildman–Crippen LogP) is 3.76. The van der Waals surface area contributed by atoms with Crippen LogP contribution in [0.1, 0.15) is 17.6 Å². The van der Waals surface area contributed by atoms with Crippen LogP contribution in [-0.2, 0) is 6.42 Å². The average Bonchev–Trinajstić information content (AvgIpc) is 3.12. The van der Waals surface area contributed by atoms with Gasteiger partial charge in [-0.1, -0.05) is 25.1 Å². The molecule has 0 saturated carbocycles. The maximum absolute atomic E-state index is 5.83. The van der Waals surface area contributed by atoms with E-state index in [0.717, 1.165) is 68.0 Å². The molecule has 6 heteroatoms. The van der Waals surface area contributed by atoms with Crippen molar-refractivity contribution in [3.63, 3.8) is 0 Å². The summed E-state index contributed by atoms with van der Waals surface area (Å²) in [6.07, 6.45) is 1.05. The van der Waals surface area contributed by atoms with Gasteiger partial charge in [-0.3, -0.25) is 4.90 Å². The molecule has 5 nitrogen and oxygen atoms in total. The van der Waals surface area contributed by atoms with Crippen LogP contribution >= 0.6 is 11.3 Å². The van der Waals surface area contributed by atoms with Crippen LogP contribution in [0.5, 0.6) is 5.75 Å². The number of piperazine rings is 1. The number of benzene rings is 1. The fourth-order valence-electron chi connectivity index (χ4n) is 3.47. The first-order valence-electron chi connectivity index (χ1n) is 9.65. The summed E-state index contributed by atoms with van der Waals surface area (Å²) >= 11 is 1.79. The van der Waals surface area contributed by atoms with Crippen molar-refractivity contribution in [2.24, 2.45) is 0 Å². The quantitative estimate of drug-likeness (QED) is 0.649. The Hall–Kier alpha value is -2.18. The van der Waals surface area contributed by atoms with Crippen LogP contribution < -0.4 is 9.64 Å². The molecule has 0 unspecified atom stereocenters. The zero-order valence-electron chi connectivity index (χ0n) is 16.0. The maximum Gasteiger partial charge on any atom is 0.141 e. The van der Waals surface area contributed by atoms with Gasteiger partial charge in [-0.05, 0) is 31.5 Å². The maximum atomic E-state index is 5.83. The predicted molar refractivity (Wildman–Crippen MR) is 112 cm³/mol. The van der Waals surface area contributed by atoms with E-state index in [9.17, 15) is 0 Å². The lowest BCUT2D eigenvalue weighted by Crippen LogP contribution is -2.47. The molecule has 0 spiro atoms. The van der Waals surface area contributed by atoms with Crippen molar-refractivity contribution >= 4 is 27.4 Å². The molecule has 3 heterocycles. The molecule has 0 atom stereocenters. The van der Waals surface area contributed by atoms with E-state index in [2.05, 4.69) is 27.8 Å². The van der Waals surface area contributed by atoms with Crippen molar-refractivity contribution in [3.05, 3.63) is 47.1 Å². The van der Waals surface area contributed by atoms with Gasteiger partial charge in [-0.2, -0.15) is 0 Å². The van der Waals surface area contributed by atoms with Crippen LogP contribution in [0.15, 0.2) is 36.4 Å². The van der Waals surface area contributed by atoms with Gasteiger partial charge in [-0.15, -0.1) is 11.3 Å². The third-order valence-electron chi connectivity index (χ3n) is 4.98. The van der Waals surface area contributed by atoms with Crippen LogP contribution in [0.3, 0.4) is 0 Å². The number of anilines is 1. The minimum Gasteiger partial charge on any atom is -0.492 e. The second-order valence-electron chi connectivity index (χ2n) is 6.87. The topological polar surface area (TPSA) is 41.5 Å². The highest BCUT2D eigenvalue weighted by molar-refractivity contribution is 7.18. The van der Waals surface area contributed by atoms with E-state index in [0.29, 0.717) is 0 Å². The summed E-state index contributed by atoms with van der Waals surface area (Å²) in [5, 5.41) is 1.21. The zero-order valence-corrected chi connectivity index (χ0v) is 16.8. The molecule has 0 radical (unpaired) electrons. The number of hydrogen-bond acceptors (Lipinski definition) is 6. The van der Waals surface area contributed by atoms with E-state index in [-0.39, 0.29) is 0 Å². The molecule has 2 aromatic heterocycles. The number of thiophene rings is 1. The van der Waals surface area contributed by atoms with Gasteiger partial charge in [0.05, 0.1) is 5.39 Å². The second-order valence-corrected chi connectivity index (χ2v) is 7.98. The Labute approximate surface area is 164 Å². The second kappa shape index (κ2) is 8.23. The molecule has 1 aromatic carbocycles. The standard InChI is InChI=1S/C21H26N4OS/c1-3-18-15-19-20(22-16(2)23-21(19)27-18)25-11-9-24(10-12-25)13-14-26-17-7-5-4-6-8-17/h4-8,15H,3,9-14H2,1-2H3. The van der Waals surface area contributed by atoms with Crippen LogP contribution in [-0.4, -0.2) is 54.2 Å². The van der Waals surface area contributed by atoms with Crippen molar-refractivity contribution < 1.29 is 4.74 Å². The first-order chi connectivity index (χ1) is 13.2. The molecule has 1 saturated heterocycles. The van der Waals surface area contributed by atoms with Crippen molar-refractivity contribution in [3.8, 4) is 5.75 Å². The molecular weight excluding hydrogens is 356 g/mol. The highest BCUT2D eigenvalue weighted by Gasteiger charge is 2.21. The molecule has 3 aromatic rings. The fraction of sp³-hybridized carbons (Fsp3) is 0.429. The van der Waals surface area contributed by atoms with E-state index in [1.807, 2.05) is 37.3 Å². The largest absolute Gasteiger partial charge is 0.492 e. The summed E-state index contributed by atoms with van der Waals surface area (Å²) in [4.78, 5) is 16.8. The Balaban J connectivity index is 1.36. The van der Waals surface area contributed by atoms with E-state index in [4.69, 9.17) is 9.72 Å². The highest BCUT2D eigenvalue weighted by Crippen LogP contribution is 2.31. The van der Waals surface area contributed by atoms with Crippen molar-refractivity contribution in [2.45, 2.75) is 20.3 Å². The minimum absolute atomic E-state index is 0.727. The van der Waals surface area contributed by atoms with E-state index in [1.54, 1.807) is 11.3 Å². The number of hydrogen-bond donors (Lipinski definition) is 0. The lowest BCUT2D eigenvalue weighted by atomic mass is 10.2. The van der Waals surface area contributed by atoms with Crippen LogP contribution in [0.4, 0.5) is 5.82 Å². The Morgan fingerprint density at radius 2 is 1.85 bits per heavy atom. The third kappa shape index (κ3) is 4.22. The molecule has 0 amide bonds. The SMILES string of the molecule is CCc1cc2c(N3CCN(CCOc4ccccc4)CC3)nc(C)nc2s1. The smallest absolute Gasteiger partial charge is 0.141 e. The fourth-order valence-corrected chi connectivity index (χ4v) is 4.48. The summed E-state index contributed by atoms with van der Waals surface area (Å²) in [5.41, 5.74) is 0. The molecule has 142 valence electrons. The van der Waals surface area contributed by atoms with Crippen molar-refractivity contribution in [2.75, 3.05) is 44.2 Å². The Morgan fingerprint density at radius 3 is 2.59 bits per heavy atom. The van der Waals surface area contributed by atoms with Gasteiger partial charge in [0.2, 0.25) is 0 Å². The first-order valence-corrected chi connectivity index (χ1v) is 10.5.